The minimum absolute atomic E-state index is 0.700. The minimum Gasteiger partial charge on any atom is -0.496 e. The number of hydrogen-bond acceptors (Lipinski definition) is 4. The molecule has 0 aliphatic heterocycles. The fourth-order valence-electron chi connectivity index (χ4n) is 1.68. The molecule has 0 amide bonds. The zero-order valence-corrected chi connectivity index (χ0v) is 12.0. The maximum absolute atomic E-state index is 5.46. The molecule has 0 aliphatic rings. The van der Waals surface area contributed by atoms with Crippen LogP contribution in [-0.2, 0) is 6.54 Å². The van der Waals surface area contributed by atoms with Gasteiger partial charge in [-0.3, -0.25) is 0 Å². The second-order valence-corrected chi connectivity index (χ2v) is 4.61. The molecule has 1 N–H and O–H groups in total. The van der Waals surface area contributed by atoms with Crippen molar-refractivity contribution in [1.29, 1.82) is 0 Å². The van der Waals surface area contributed by atoms with Gasteiger partial charge in [0.05, 0.1) is 11.6 Å². The number of oxazole rings is 1. The summed E-state index contributed by atoms with van der Waals surface area (Å²) in [4.78, 5) is 4.23. The number of halogens is 1. The monoisotopic (exact) mass is 310 g/mol. The number of aromatic nitrogens is 1. The molecule has 1 aromatic carbocycles. The van der Waals surface area contributed by atoms with Crippen molar-refractivity contribution in [1.82, 2.24) is 10.3 Å². The molecule has 0 saturated heterocycles. The number of rotatable bonds is 5. The van der Waals surface area contributed by atoms with Crippen LogP contribution in [0.15, 0.2) is 33.5 Å². The van der Waals surface area contributed by atoms with E-state index < -0.39 is 0 Å². The molecule has 18 heavy (non-hydrogen) atoms. The molecule has 0 unspecified atom stereocenters. The molecule has 0 fully saturated rings. The van der Waals surface area contributed by atoms with E-state index in [-0.39, 0.29) is 0 Å². The summed E-state index contributed by atoms with van der Waals surface area (Å²) in [6, 6.07) is 5.83. The number of ether oxygens (including phenoxy) is 1. The SMILES string of the molecule is CCNCc1ncoc1-c1ccc(OC)c(Br)c1. The lowest BCUT2D eigenvalue weighted by molar-refractivity contribution is 0.412. The lowest BCUT2D eigenvalue weighted by atomic mass is 10.1. The van der Waals surface area contributed by atoms with Crippen molar-refractivity contribution in [3.8, 4) is 17.1 Å². The van der Waals surface area contributed by atoms with Crippen molar-refractivity contribution in [2.24, 2.45) is 0 Å². The summed E-state index contributed by atoms with van der Waals surface area (Å²) in [6.07, 6.45) is 1.47. The molecule has 0 atom stereocenters. The highest BCUT2D eigenvalue weighted by molar-refractivity contribution is 9.10. The Kier molecular flexibility index (Phi) is 4.38. The topological polar surface area (TPSA) is 47.3 Å². The molecule has 2 rings (SSSR count). The lowest BCUT2D eigenvalue weighted by Crippen LogP contribution is -2.12. The Morgan fingerprint density at radius 2 is 2.28 bits per heavy atom. The van der Waals surface area contributed by atoms with Gasteiger partial charge in [0.15, 0.2) is 12.2 Å². The Morgan fingerprint density at radius 3 is 2.94 bits per heavy atom. The Morgan fingerprint density at radius 1 is 1.44 bits per heavy atom. The predicted octanol–water partition coefficient (Wildman–Crippen LogP) is 3.22. The standard InChI is InChI=1S/C13H15BrN2O2/c1-3-15-7-11-13(18-8-16-11)9-4-5-12(17-2)10(14)6-9/h4-6,8,15H,3,7H2,1-2H3. The molecule has 0 saturated carbocycles. The van der Waals surface area contributed by atoms with Crippen LogP contribution in [0.2, 0.25) is 0 Å². The molecule has 5 heteroatoms. The number of hydrogen-bond donors (Lipinski definition) is 1. The van der Waals surface area contributed by atoms with Gasteiger partial charge in [0.1, 0.15) is 11.4 Å². The Hall–Kier alpha value is -1.33. The van der Waals surface area contributed by atoms with Crippen molar-refractivity contribution in [3.63, 3.8) is 0 Å². The number of methoxy groups -OCH3 is 1. The zero-order chi connectivity index (χ0) is 13.0. The number of benzene rings is 1. The van der Waals surface area contributed by atoms with Gasteiger partial charge in [-0.15, -0.1) is 0 Å². The molecule has 0 bridgehead atoms. The van der Waals surface area contributed by atoms with Crippen LogP contribution in [0, 0.1) is 0 Å². The van der Waals surface area contributed by atoms with Crippen molar-refractivity contribution >= 4 is 15.9 Å². The second kappa shape index (κ2) is 6.02. The van der Waals surface area contributed by atoms with E-state index in [2.05, 4.69) is 33.2 Å². The van der Waals surface area contributed by atoms with Gasteiger partial charge in [-0.2, -0.15) is 0 Å². The third-order valence-electron chi connectivity index (χ3n) is 2.60. The first-order chi connectivity index (χ1) is 8.76. The summed E-state index contributed by atoms with van der Waals surface area (Å²) in [5.74, 6) is 1.59. The van der Waals surface area contributed by atoms with Crippen LogP contribution in [0.25, 0.3) is 11.3 Å². The second-order valence-electron chi connectivity index (χ2n) is 3.76. The van der Waals surface area contributed by atoms with Gasteiger partial charge in [-0.1, -0.05) is 6.92 Å². The van der Waals surface area contributed by atoms with Crippen LogP contribution in [0.4, 0.5) is 0 Å². The largest absolute Gasteiger partial charge is 0.496 e. The van der Waals surface area contributed by atoms with Gasteiger partial charge in [0, 0.05) is 12.1 Å². The van der Waals surface area contributed by atoms with Crippen LogP contribution in [0.1, 0.15) is 12.6 Å². The minimum atomic E-state index is 0.700. The highest BCUT2D eigenvalue weighted by atomic mass is 79.9. The summed E-state index contributed by atoms with van der Waals surface area (Å²) < 4.78 is 11.6. The Labute approximate surface area is 114 Å². The van der Waals surface area contributed by atoms with Crippen LogP contribution in [-0.4, -0.2) is 18.6 Å². The molecule has 2 aromatic rings. The molecule has 1 heterocycles. The molecule has 1 aromatic heterocycles. The summed E-state index contributed by atoms with van der Waals surface area (Å²) in [5.41, 5.74) is 1.89. The van der Waals surface area contributed by atoms with E-state index in [1.165, 1.54) is 6.39 Å². The summed E-state index contributed by atoms with van der Waals surface area (Å²) in [7, 11) is 1.64. The maximum Gasteiger partial charge on any atom is 0.181 e. The fourth-order valence-corrected chi connectivity index (χ4v) is 2.22. The van der Waals surface area contributed by atoms with E-state index in [0.29, 0.717) is 6.54 Å². The van der Waals surface area contributed by atoms with Gasteiger partial charge in [-0.05, 0) is 40.7 Å². The van der Waals surface area contributed by atoms with E-state index in [4.69, 9.17) is 9.15 Å². The van der Waals surface area contributed by atoms with E-state index in [9.17, 15) is 0 Å². The molecule has 0 radical (unpaired) electrons. The smallest absolute Gasteiger partial charge is 0.181 e. The normalized spacial score (nSPS) is 10.6. The van der Waals surface area contributed by atoms with Crippen LogP contribution in [0.3, 0.4) is 0 Å². The zero-order valence-electron chi connectivity index (χ0n) is 10.4. The fraction of sp³-hybridized carbons (Fsp3) is 0.308. The van der Waals surface area contributed by atoms with Crippen molar-refractivity contribution in [2.75, 3.05) is 13.7 Å². The van der Waals surface area contributed by atoms with Crippen LogP contribution < -0.4 is 10.1 Å². The van der Waals surface area contributed by atoms with Crippen molar-refractivity contribution < 1.29 is 9.15 Å². The molecular formula is C13H15BrN2O2. The molecule has 0 spiro atoms. The van der Waals surface area contributed by atoms with Crippen molar-refractivity contribution in [2.45, 2.75) is 13.5 Å². The summed E-state index contributed by atoms with van der Waals surface area (Å²) >= 11 is 3.47. The highest BCUT2D eigenvalue weighted by Gasteiger charge is 2.12. The van der Waals surface area contributed by atoms with Gasteiger partial charge in [0.25, 0.3) is 0 Å². The Bertz CT molecular complexity index is 525. The van der Waals surface area contributed by atoms with Gasteiger partial charge in [0.2, 0.25) is 0 Å². The molecule has 4 nitrogen and oxygen atoms in total. The van der Waals surface area contributed by atoms with Gasteiger partial charge < -0.3 is 14.5 Å². The predicted molar refractivity (Wildman–Crippen MR) is 73.6 cm³/mol. The van der Waals surface area contributed by atoms with E-state index >= 15 is 0 Å². The van der Waals surface area contributed by atoms with Gasteiger partial charge in [-0.25, -0.2) is 4.98 Å². The third kappa shape index (κ3) is 2.73. The van der Waals surface area contributed by atoms with Crippen LogP contribution in [0.5, 0.6) is 5.75 Å². The number of nitrogens with one attached hydrogen (secondary N) is 1. The molecule has 0 aliphatic carbocycles. The van der Waals surface area contributed by atoms with Crippen LogP contribution >= 0.6 is 15.9 Å². The van der Waals surface area contributed by atoms with E-state index in [1.54, 1.807) is 7.11 Å². The van der Waals surface area contributed by atoms with Crippen molar-refractivity contribution in [3.05, 3.63) is 34.8 Å². The number of nitrogens with zero attached hydrogens (tertiary/aromatic N) is 1. The first-order valence-corrected chi connectivity index (χ1v) is 6.52. The molecule has 96 valence electrons. The molecular weight excluding hydrogens is 296 g/mol. The third-order valence-corrected chi connectivity index (χ3v) is 3.22. The van der Waals surface area contributed by atoms with E-state index in [0.717, 1.165) is 33.8 Å². The average molecular weight is 311 g/mol. The highest BCUT2D eigenvalue weighted by Crippen LogP contribution is 2.31. The summed E-state index contributed by atoms with van der Waals surface area (Å²) in [5, 5.41) is 3.24. The quantitative estimate of drug-likeness (QED) is 0.921. The first kappa shape index (κ1) is 13.1. The lowest BCUT2D eigenvalue weighted by Gasteiger charge is -2.06. The van der Waals surface area contributed by atoms with Gasteiger partial charge >= 0.3 is 0 Å². The first-order valence-electron chi connectivity index (χ1n) is 5.73. The van der Waals surface area contributed by atoms with E-state index in [1.807, 2.05) is 18.2 Å². The maximum atomic E-state index is 5.46. The average Bonchev–Trinajstić information content (AvgIpc) is 2.84. The Balaban J connectivity index is 2.31. The summed E-state index contributed by atoms with van der Waals surface area (Å²) in [6.45, 7) is 3.66.